The van der Waals surface area contributed by atoms with Crippen LogP contribution in [0.3, 0.4) is 0 Å². The maximum atomic E-state index is 11.8. The molecule has 0 aliphatic heterocycles. The van der Waals surface area contributed by atoms with Gasteiger partial charge in [-0.05, 0) is 32.0 Å². The molecule has 0 spiro atoms. The highest BCUT2D eigenvalue weighted by molar-refractivity contribution is 5.91. The summed E-state index contributed by atoms with van der Waals surface area (Å²) < 4.78 is 10.6. The van der Waals surface area contributed by atoms with E-state index >= 15 is 0 Å². The van der Waals surface area contributed by atoms with E-state index in [0.717, 1.165) is 5.56 Å². The summed E-state index contributed by atoms with van der Waals surface area (Å²) in [5.41, 5.74) is 0.834. The van der Waals surface area contributed by atoms with Crippen LogP contribution in [0.2, 0.25) is 0 Å². The van der Waals surface area contributed by atoms with Crippen molar-refractivity contribution in [1.82, 2.24) is 10.3 Å². The van der Waals surface area contributed by atoms with Gasteiger partial charge in [-0.1, -0.05) is 6.07 Å². The Balaban J connectivity index is 2.00. The lowest BCUT2D eigenvalue weighted by Gasteiger charge is -2.08. The molecular formula is C14H16N2O3. The second kappa shape index (κ2) is 6.04. The molecule has 0 bridgehead atoms. The predicted octanol–water partition coefficient (Wildman–Crippen LogP) is 2.31. The van der Waals surface area contributed by atoms with Crippen LogP contribution in [-0.2, 0) is 6.54 Å². The van der Waals surface area contributed by atoms with Crippen molar-refractivity contribution in [3.8, 4) is 5.88 Å². The Morgan fingerprint density at radius 2 is 2.26 bits per heavy atom. The van der Waals surface area contributed by atoms with Gasteiger partial charge in [0.2, 0.25) is 5.88 Å². The molecule has 0 atom stereocenters. The first kappa shape index (κ1) is 13.1. The lowest BCUT2D eigenvalue weighted by Crippen LogP contribution is -2.22. The summed E-state index contributed by atoms with van der Waals surface area (Å²) in [7, 11) is 0. The molecule has 0 radical (unpaired) electrons. The standard InChI is InChI=1S/C14H16N2O3/c1-3-18-14-11(5-4-8-15-14)9-16-13(17)12-7-6-10(2)19-12/h4-8H,3,9H2,1-2H3,(H,16,17). The minimum Gasteiger partial charge on any atom is -0.478 e. The second-order valence-corrected chi connectivity index (χ2v) is 3.99. The molecule has 0 aromatic carbocycles. The third kappa shape index (κ3) is 3.34. The first-order valence-corrected chi connectivity index (χ1v) is 6.12. The number of aryl methyl sites for hydroxylation is 1. The molecule has 0 saturated carbocycles. The number of hydrogen-bond acceptors (Lipinski definition) is 4. The van der Waals surface area contributed by atoms with Gasteiger partial charge in [0.05, 0.1) is 6.61 Å². The average molecular weight is 260 g/mol. The Labute approximate surface area is 111 Å². The highest BCUT2D eigenvalue weighted by Gasteiger charge is 2.11. The SMILES string of the molecule is CCOc1ncccc1CNC(=O)c1ccc(C)o1. The van der Waals surface area contributed by atoms with Crippen LogP contribution in [0.5, 0.6) is 5.88 Å². The van der Waals surface area contributed by atoms with Crippen molar-refractivity contribution in [2.24, 2.45) is 0 Å². The summed E-state index contributed by atoms with van der Waals surface area (Å²) in [5, 5.41) is 2.77. The van der Waals surface area contributed by atoms with Crippen molar-refractivity contribution in [2.45, 2.75) is 20.4 Å². The number of rotatable bonds is 5. The second-order valence-electron chi connectivity index (χ2n) is 3.99. The Bertz CT molecular complexity index is 563. The number of nitrogens with zero attached hydrogens (tertiary/aromatic N) is 1. The number of carbonyl (C=O) groups is 1. The number of furan rings is 1. The lowest BCUT2D eigenvalue weighted by molar-refractivity contribution is 0.0921. The number of amides is 1. The molecule has 2 heterocycles. The Hall–Kier alpha value is -2.30. The van der Waals surface area contributed by atoms with Crippen LogP contribution in [0.15, 0.2) is 34.9 Å². The zero-order valence-corrected chi connectivity index (χ0v) is 11.0. The fourth-order valence-electron chi connectivity index (χ4n) is 1.64. The Morgan fingerprint density at radius 3 is 2.95 bits per heavy atom. The molecule has 100 valence electrons. The fourth-order valence-corrected chi connectivity index (χ4v) is 1.64. The van der Waals surface area contributed by atoms with Gasteiger partial charge in [-0.3, -0.25) is 4.79 Å². The summed E-state index contributed by atoms with van der Waals surface area (Å²) in [6, 6.07) is 7.08. The number of nitrogens with one attached hydrogen (secondary N) is 1. The van der Waals surface area contributed by atoms with E-state index in [2.05, 4.69) is 10.3 Å². The Kier molecular flexibility index (Phi) is 4.18. The lowest BCUT2D eigenvalue weighted by atomic mass is 10.2. The summed E-state index contributed by atoms with van der Waals surface area (Å²) in [6.07, 6.45) is 1.66. The molecule has 0 unspecified atom stereocenters. The largest absolute Gasteiger partial charge is 0.478 e. The van der Waals surface area contributed by atoms with Gasteiger partial charge < -0.3 is 14.5 Å². The molecular weight excluding hydrogens is 244 g/mol. The third-order valence-corrected chi connectivity index (χ3v) is 2.53. The molecule has 0 aliphatic carbocycles. The molecule has 2 aromatic rings. The van der Waals surface area contributed by atoms with E-state index in [1.807, 2.05) is 13.0 Å². The van der Waals surface area contributed by atoms with E-state index in [0.29, 0.717) is 30.6 Å². The monoisotopic (exact) mass is 260 g/mol. The molecule has 0 aliphatic rings. The zero-order chi connectivity index (χ0) is 13.7. The maximum Gasteiger partial charge on any atom is 0.287 e. The van der Waals surface area contributed by atoms with Gasteiger partial charge in [-0.2, -0.15) is 0 Å². The maximum absolute atomic E-state index is 11.8. The van der Waals surface area contributed by atoms with E-state index in [4.69, 9.17) is 9.15 Å². The summed E-state index contributed by atoms with van der Waals surface area (Å²) in [6.45, 7) is 4.57. The highest BCUT2D eigenvalue weighted by atomic mass is 16.5. The topological polar surface area (TPSA) is 64.4 Å². The molecule has 1 N–H and O–H groups in total. The van der Waals surface area contributed by atoms with Gasteiger partial charge >= 0.3 is 0 Å². The molecule has 19 heavy (non-hydrogen) atoms. The average Bonchev–Trinajstić information content (AvgIpc) is 2.84. The predicted molar refractivity (Wildman–Crippen MR) is 70.0 cm³/mol. The third-order valence-electron chi connectivity index (χ3n) is 2.53. The first-order chi connectivity index (χ1) is 9.20. The van der Waals surface area contributed by atoms with Crippen LogP contribution in [-0.4, -0.2) is 17.5 Å². The molecule has 2 aromatic heterocycles. The number of aromatic nitrogens is 1. The van der Waals surface area contributed by atoms with Gasteiger partial charge in [0.1, 0.15) is 5.76 Å². The number of hydrogen-bond donors (Lipinski definition) is 1. The minimum atomic E-state index is -0.251. The van der Waals surface area contributed by atoms with Crippen LogP contribution >= 0.6 is 0 Å². The van der Waals surface area contributed by atoms with Crippen LogP contribution < -0.4 is 10.1 Å². The summed E-state index contributed by atoms with van der Waals surface area (Å²) in [4.78, 5) is 16.0. The molecule has 0 saturated heterocycles. The van der Waals surface area contributed by atoms with Gasteiger partial charge in [-0.15, -0.1) is 0 Å². The van der Waals surface area contributed by atoms with E-state index in [9.17, 15) is 4.79 Å². The minimum absolute atomic E-state index is 0.251. The van der Waals surface area contributed by atoms with Gasteiger partial charge in [0.25, 0.3) is 5.91 Å². The van der Waals surface area contributed by atoms with Crippen LogP contribution in [0.4, 0.5) is 0 Å². The van der Waals surface area contributed by atoms with Crippen molar-refractivity contribution in [2.75, 3.05) is 6.61 Å². The molecule has 0 fully saturated rings. The normalized spacial score (nSPS) is 10.2. The van der Waals surface area contributed by atoms with Crippen LogP contribution in [0.1, 0.15) is 28.8 Å². The van der Waals surface area contributed by atoms with Crippen molar-refractivity contribution >= 4 is 5.91 Å². The molecule has 5 nitrogen and oxygen atoms in total. The number of carbonyl (C=O) groups excluding carboxylic acids is 1. The smallest absolute Gasteiger partial charge is 0.287 e. The van der Waals surface area contributed by atoms with E-state index in [-0.39, 0.29) is 5.91 Å². The fraction of sp³-hybridized carbons (Fsp3) is 0.286. The van der Waals surface area contributed by atoms with E-state index in [1.54, 1.807) is 31.3 Å². The van der Waals surface area contributed by atoms with Crippen molar-refractivity contribution in [3.63, 3.8) is 0 Å². The van der Waals surface area contributed by atoms with E-state index in [1.165, 1.54) is 0 Å². The van der Waals surface area contributed by atoms with Gasteiger partial charge in [-0.25, -0.2) is 4.98 Å². The van der Waals surface area contributed by atoms with Crippen LogP contribution in [0.25, 0.3) is 0 Å². The molecule has 5 heteroatoms. The highest BCUT2D eigenvalue weighted by Crippen LogP contribution is 2.14. The van der Waals surface area contributed by atoms with Gasteiger partial charge in [0, 0.05) is 18.3 Å². The summed E-state index contributed by atoms with van der Waals surface area (Å²) in [5.74, 6) is 1.31. The first-order valence-electron chi connectivity index (χ1n) is 6.12. The number of pyridine rings is 1. The number of ether oxygens (including phenoxy) is 1. The zero-order valence-electron chi connectivity index (χ0n) is 11.0. The molecule has 1 amide bonds. The quantitative estimate of drug-likeness (QED) is 0.896. The van der Waals surface area contributed by atoms with Crippen molar-refractivity contribution in [3.05, 3.63) is 47.5 Å². The van der Waals surface area contributed by atoms with Gasteiger partial charge in [0.15, 0.2) is 5.76 Å². The summed E-state index contributed by atoms with van der Waals surface area (Å²) >= 11 is 0. The van der Waals surface area contributed by atoms with Crippen LogP contribution in [0, 0.1) is 6.92 Å². The van der Waals surface area contributed by atoms with E-state index < -0.39 is 0 Å². The Morgan fingerprint density at radius 1 is 1.42 bits per heavy atom. The van der Waals surface area contributed by atoms with Crippen molar-refractivity contribution in [1.29, 1.82) is 0 Å². The van der Waals surface area contributed by atoms with Crippen molar-refractivity contribution < 1.29 is 13.9 Å². The molecule has 2 rings (SSSR count).